The first-order valence-corrected chi connectivity index (χ1v) is 7.94. The largest absolute Gasteiger partial charge is 0.375 e. The zero-order valence-electron chi connectivity index (χ0n) is 11.9. The highest BCUT2D eigenvalue weighted by atomic mass is 32.2. The summed E-state index contributed by atoms with van der Waals surface area (Å²) in [5.74, 6) is 0. The van der Waals surface area contributed by atoms with Gasteiger partial charge < -0.3 is 10.6 Å². The Labute approximate surface area is 123 Å². The summed E-state index contributed by atoms with van der Waals surface area (Å²) in [6.07, 6.45) is 0.870. The molecule has 21 heavy (non-hydrogen) atoms. The molecule has 0 aliphatic carbocycles. The van der Waals surface area contributed by atoms with Gasteiger partial charge in [-0.25, -0.2) is 12.7 Å². The van der Waals surface area contributed by atoms with Crippen LogP contribution in [0.4, 0.5) is 11.4 Å². The molecule has 1 unspecified atom stereocenters. The Kier molecular flexibility index (Phi) is 4.45. The van der Waals surface area contributed by atoms with Crippen molar-refractivity contribution in [1.82, 2.24) is 9.62 Å². The number of hydrogen-bond donors (Lipinski definition) is 2. The number of sulfonamides is 1. The average Bonchev–Trinajstić information content (AvgIpc) is 2.91. The number of anilines is 1. The minimum atomic E-state index is -3.69. The van der Waals surface area contributed by atoms with Crippen LogP contribution >= 0.6 is 0 Å². The molecular weight excluding hydrogens is 296 g/mol. The van der Waals surface area contributed by atoms with Gasteiger partial charge in [-0.1, -0.05) is 0 Å². The fourth-order valence-electron chi connectivity index (χ4n) is 2.15. The molecule has 2 N–H and O–H groups in total. The molecule has 0 spiro atoms. The van der Waals surface area contributed by atoms with Gasteiger partial charge in [0.1, 0.15) is 5.69 Å². The van der Waals surface area contributed by atoms with E-state index in [1.54, 1.807) is 0 Å². The summed E-state index contributed by atoms with van der Waals surface area (Å²) in [6.45, 7) is 1.59. The minimum Gasteiger partial charge on any atom is -0.375 e. The molecule has 8 nitrogen and oxygen atoms in total. The van der Waals surface area contributed by atoms with Crippen molar-refractivity contribution in [2.75, 3.05) is 32.5 Å². The molecule has 1 heterocycles. The molecule has 1 aromatic rings. The van der Waals surface area contributed by atoms with Crippen LogP contribution in [0.25, 0.3) is 0 Å². The first-order valence-electron chi connectivity index (χ1n) is 6.50. The third-order valence-corrected chi connectivity index (χ3v) is 5.18. The van der Waals surface area contributed by atoms with Gasteiger partial charge in [0.25, 0.3) is 5.69 Å². The number of nitrogens with one attached hydrogen (secondary N) is 2. The molecule has 0 amide bonds. The van der Waals surface area contributed by atoms with Crippen molar-refractivity contribution in [3.05, 3.63) is 28.3 Å². The van der Waals surface area contributed by atoms with Gasteiger partial charge in [-0.05, 0) is 25.1 Å². The maximum atomic E-state index is 12.0. The summed E-state index contributed by atoms with van der Waals surface area (Å²) in [4.78, 5) is 10.5. The molecule has 0 aromatic heterocycles. The first-order chi connectivity index (χ1) is 9.82. The standard InChI is InChI=1S/C12H18N4O4S/c1-15(2)21(19,20)10-3-4-11(12(7-10)16(17)18)14-9-5-6-13-8-9/h3-4,7,9,13-14H,5-6,8H2,1-2H3. The fraction of sp³-hybridized carbons (Fsp3) is 0.500. The Bertz CT molecular complexity index is 639. The van der Waals surface area contributed by atoms with Gasteiger partial charge in [0.05, 0.1) is 9.82 Å². The van der Waals surface area contributed by atoms with Gasteiger partial charge in [-0.2, -0.15) is 0 Å². The lowest BCUT2D eigenvalue weighted by atomic mass is 10.2. The van der Waals surface area contributed by atoms with Gasteiger partial charge in [-0.3, -0.25) is 10.1 Å². The number of benzene rings is 1. The van der Waals surface area contributed by atoms with Crippen molar-refractivity contribution < 1.29 is 13.3 Å². The lowest BCUT2D eigenvalue weighted by Gasteiger charge is -2.15. The van der Waals surface area contributed by atoms with Crippen molar-refractivity contribution in [2.45, 2.75) is 17.4 Å². The summed E-state index contributed by atoms with van der Waals surface area (Å²) >= 11 is 0. The molecule has 116 valence electrons. The van der Waals surface area contributed by atoms with Crippen LogP contribution in [-0.2, 0) is 10.0 Å². The van der Waals surface area contributed by atoms with Gasteiger partial charge in [0.2, 0.25) is 10.0 Å². The van der Waals surface area contributed by atoms with E-state index >= 15 is 0 Å². The van der Waals surface area contributed by atoms with Crippen LogP contribution in [0.15, 0.2) is 23.1 Å². The lowest BCUT2D eigenvalue weighted by Crippen LogP contribution is -2.24. The molecular formula is C12H18N4O4S. The van der Waals surface area contributed by atoms with Gasteiger partial charge >= 0.3 is 0 Å². The smallest absolute Gasteiger partial charge is 0.293 e. The van der Waals surface area contributed by atoms with E-state index in [9.17, 15) is 18.5 Å². The van der Waals surface area contributed by atoms with E-state index in [4.69, 9.17) is 0 Å². The zero-order chi connectivity index (χ0) is 15.6. The molecule has 1 aliphatic heterocycles. The highest BCUT2D eigenvalue weighted by Gasteiger charge is 2.24. The molecule has 1 fully saturated rings. The number of nitrogens with zero attached hydrogens (tertiary/aromatic N) is 2. The number of nitro groups is 1. The third-order valence-electron chi connectivity index (χ3n) is 3.36. The van der Waals surface area contributed by atoms with Crippen LogP contribution in [0, 0.1) is 10.1 Å². The Morgan fingerprint density at radius 2 is 2.14 bits per heavy atom. The molecule has 1 aliphatic rings. The normalized spacial score (nSPS) is 18.9. The summed E-state index contributed by atoms with van der Waals surface area (Å²) in [7, 11) is -0.915. The van der Waals surface area contributed by atoms with Crippen molar-refractivity contribution >= 4 is 21.4 Å². The van der Waals surface area contributed by atoms with E-state index in [1.165, 1.54) is 26.2 Å². The van der Waals surface area contributed by atoms with Gasteiger partial charge in [0.15, 0.2) is 0 Å². The Balaban J connectivity index is 2.37. The van der Waals surface area contributed by atoms with Crippen LogP contribution in [-0.4, -0.2) is 50.9 Å². The number of nitro benzene ring substituents is 1. The summed E-state index contributed by atoms with van der Waals surface area (Å²) in [5.41, 5.74) is 0.108. The Morgan fingerprint density at radius 1 is 1.43 bits per heavy atom. The van der Waals surface area contributed by atoms with E-state index < -0.39 is 14.9 Å². The zero-order valence-corrected chi connectivity index (χ0v) is 12.7. The molecule has 0 radical (unpaired) electrons. The van der Waals surface area contributed by atoms with E-state index in [0.29, 0.717) is 5.69 Å². The van der Waals surface area contributed by atoms with Gasteiger partial charge in [0, 0.05) is 32.7 Å². The number of rotatable bonds is 5. The predicted octanol–water partition coefficient (Wildman–Crippen LogP) is 0.619. The van der Waals surface area contributed by atoms with E-state index in [1.807, 2.05) is 0 Å². The van der Waals surface area contributed by atoms with Crippen molar-refractivity contribution in [3.63, 3.8) is 0 Å². The summed E-state index contributed by atoms with van der Waals surface area (Å²) in [6, 6.07) is 4.04. The van der Waals surface area contributed by atoms with Crippen LogP contribution < -0.4 is 10.6 Å². The van der Waals surface area contributed by atoms with Crippen LogP contribution in [0.5, 0.6) is 0 Å². The Hall–Kier alpha value is -1.71. The lowest BCUT2D eigenvalue weighted by molar-refractivity contribution is -0.384. The summed E-state index contributed by atoms with van der Waals surface area (Å²) < 4.78 is 25.1. The fourth-order valence-corrected chi connectivity index (χ4v) is 3.08. The van der Waals surface area contributed by atoms with Crippen LogP contribution in [0.3, 0.4) is 0 Å². The maximum absolute atomic E-state index is 12.0. The van der Waals surface area contributed by atoms with E-state index in [2.05, 4.69) is 10.6 Å². The second-order valence-electron chi connectivity index (χ2n) is 5.06. The predicted molar refractivity (Wildman–Crippen MR) is 78.9 cm³/mol. The first kappa shape index (κ1) is 15.7. The number of hydrogen-bond acceptors (Lipinski definition) is 6. The monoisotopic (exact) mass is 314 g/mol. The molecule has 1 saturated heterocycles. The summed E-state index contributed by atoms with van der Waals surface area (Å²) in [5, 5.41) is 17.4. The van der Waals surface area contributed by atoms with Crippen molar-refractivity contribution in [1.29, 1.82) is 0 Å². The SMILES string of the molecule is CN(C)S(=O)(=O)c1ccc(NC2CCNC2)c([N+](=O)[O-])c1. The highest BCUT2D eigenvalue weighted by Crippen LogP contribution is 2.29. The van der Waals surface area contributed by atoms with Crippen molar-refractivity contribution in [2.24, 2.45) is 0 Å². The molecule has 9 heteroatoms. The molecule has 0 saturated carbocycles. The third kappa shape index (κ3) is 3.31. The van der Waals surface area contributed by atoms with Crippen molar-refractivity contribution in [3.8, 4) is 0 Å². The van der Waals surface area contributed by atoms with Crippen LogP contribution in [0.1, 0.15) is 6.42 Å². The second-order valence-corrected chi connectivity index (χ2v) is 7.21. The highest BCUT2D eigenvalue weighted by molar-refractivity contribution is 7.89. The topological polar surface area (TPSA) is 105 Å². The van der Waals surface area contributed by atoms with Crippen LogP contribution in [0.2, 0.25) is 0 Å². The molecule has 0 bridgehead atoms. The molecule has 1 aromatic carbocycles. The minimum absolute atomic E-state index is 0.0886. The average molecular weight is 314 g/mol. The van der Waals surface area contributed by atoms with Gasteiger partial charge in [-0.15, -0.1) is 0 Å². The Morgan fingerprint density at radius 3 is 2.67 bits per heavy atom. The second kappa shape index (κ2) is 5.96. The quantitative estimate of drug-likeness (QED) is 0.610. The molecule has 1 atom stereocenters. The van der Waals surface area contributed by atoms with E-state index in [-0.39, 0.29) is 16.6 Å². The molecule has 2 rings (SSSR count). The van der Waals surface area contributed by atoms with E-state index in [0.717, 1.165) is 29.9 Å². The maximum Gasteiger partial charge on any atom is 0.293 e.